The molecule has 0 aliphatic rings. The summed E-state index contributed by atoms with van der Waals surface area (Å²) in [5.74, 6) is 0. The molecule has 0 amide bonds. The fourth-order valence-electron chi connectivity index (χ4n) is 1.51. The molecule has 1 aromatic heterocycles. The Balaban J connectivity index is 0.000000247. The van der Waals surface area contributed by atoms with Crippen molar-refractivity contribution in [2.24, 2.45) is 0 Å². The van der Waals surface area contributed by atoms with Gasteiger partial charge in [0.05, 0.1) is 0 Å². The van der Waals surface area contributed by atoms with Crippen LogP contribution in [-0.2, 0) is 0 Å². The van der Waals surface area contributed by atoms with E-state index in [0.717, 1.165) is 11.4 Å². The van der Waals surface area contributed by atoms with Gasteiger partial charge in [0, 0.05) is 30.9 Å². The maximum atomic E-state index is 3.35. The van der Waals surface area contributed by atoms with E-state index in [1.54, 1.807) is 0 Å². The number of hydrogen-bond acceptors (Lipinski definition) is 1. The maximum Gasteiger partial charge on any atom is 0.0384 e. The molecule has 0 bridgehead atoms. The van der Waals surface area contributed by atoms with Crippen LogP contribution in [0.4, 0.5) is 11.4 Å². The number of halogens is 2. The molecule has 0 aliphatic carbocycles. The van der Waals surface area contributed by atoms with Gasteiger partial charge < -0.3 is 10.3 Å². The molecule has 0 atom stereocenters. The van der Waals surface area contributed by atoms with Crippen molar-refractivity contribution in [3.05, 3.63) is 80.2 Å². The van der Waals surface area contributed by atoms with Crippen LogP contribution in [0.2, 0.25) is 0 Å². The van der Waals surface area contributed by atoms with Gasteiger partial charge in [0.25, 0.3) is 0 Å². The highest BCUT2D eigenvalue weighted by molar-refractivity contribution is 14.1. The minimum atomic E-state index is 1.12. The zero-order valence-corrected chi connectivity index (χ0v) is 15.0. The lowest BCUT2D eigenvalue weighted by molar-refractivity contribution is 1.42. The van der Waals surface area contributed by atoms with Crippen LogP contribution in [0.25, 0.3) is 0 Å². The number of anilines is 2. The van der Waals surface area contributed by atoms with Gasteiger partial charge in [-0.15, -0.1) is 0 Å². The number of benzene rings is 2. The minimum absolute atomic E-state index is 1.12. The lowest BCUT2D eigenvalue weighted by atomic mass is 10.3. The summed E-state index contributed by atoms with van der Waals surface area (Å²) in [5.41, 5.74) is 2.24. The predicted octanol–water partition coefficient (Wildman–Crippen LogP) is 5.65. The van der Waals surface area contributed by atoms with Crippen LogP contribution >= 0.6 is 45.2 Å². The van der Waals surface area contributed by atoms with Crippen molar-refractivity contribution in [1.82, 2.24) is 4.98 Å². The van der Waals surface area contributed by atoms with Crippen LogP contribution in [0, 0.1) is 7.14 Å². The molecule has 2 nitrogen and oxygen atoms in total. The minimum Gasteiger partial charge on any atom is -0.368 e. The molecule has 2 N–H and O–H groups in total. The smallest absolute Gasteiger partial charge is 0.0384 e. The molecule has 0 saturated heterocycles. The molecular weight excluding hydrogens is 474 g/mol. The summed E-state index contributed by atoms with van der Waals surface area (Å²) in [6.45, 7) is 0. The Hall–Kier alpha value is -1.02. The molecule has 4 heteroatoms. The average Bonchev–Trinajstić information content (AvgIpc) is 3.03. The summed E-state index contributed by atoms with van der Waals surface area (Å²) in [6.07, 6.45) is 3.75. The van der Waals surface area contributed by atoms with E-state index in [1.807, 2.05) is 24.5 Å². The Kier molecular flexibility index (Phi) is 6.38. The molecule has 0 spiro atoms. The van der Waals surface area contributed by atoms with E-state index < -0.39 is 0 Å². The molecular formula is C16H14I2N2. The Labute approximate surface area is 146 Å². The van der Waals surface area contributed by atoms with Gasteiger partial charge in [-0.05, 0) is 106 Å². The molecule has 0 aliphatic heterocycles. The normalized spacial score (nSPS) is 9.50. The quantitative estimate of drug-likeness (QED) is 0.449. The molecule has 1 heterocycles. The van der Waals surface area contributed by atoms with Gasteiger partial charge in [0.2, 0.25) is 0 Å². The van der Waals surface area contributed by atoms with Gasteiger partial charge in [-0.25, -0.2) is 0 Å². The van der Waals surface area contributed by atoms with E-state index in [0.29, 0.717) is 0 Å². The highest BCUT2D eigenvalue weighted by Gasteiger charge is 1.94. The highest BCUT2D eigenvalue weighted by Crippen LogP contribution is 2.18. The molecule has 102 valence electrons. The fraction of sp³-hybridized carbons (Fsp3) is 0. The van der Waals surface area contributed by atoms with Crippen molar-refractivity contribution in [2.45, 2.75) is 0 Å². The zero-order chi connectivity index (χ0) is 14.2. The highest BCUT2D eigenvalue weighted by atomic mass is 127. The SMILES string of the molecule is Ic1ccc(Nc2ccc(I)cc2)cc1.c1cc[nH]c1. The summed E-state index contributed by atoms with van der Waals surface area (Å²) in [6, 6.07) is 20.6. The number of nitrogens with one attached hydrogen (secondary N) is 2. The number of aromatic amines is 1. The van der Waals surface area contributed by atoms with Crippen LogP contribution in [0.1, 0.15) is 0 Å². The first-order chi connectivity index (χ1) is 9.74. The second-order valence-corrected chi connectivity index (χ2v) is 6.51. The Morgan fingerprint density at radius 1 is 0.650 bits per heavy atom. The predicted molar refractivity (Wildman–Crippen MR) is 102 cm³/mol. The first-order valence-electron chi connectivity index (χ1n) is 6.10. The number of aromatic nitrogens is 1. The third-order valence-corrected chi connectivity index (χ3v) is 3.91. The van der Waals surface area contributed by atoms with Crippen LogP contribution in [0.5, 0.6) is 0 Å². The molecule has 3 rings (SSSR count). The lowest BCUT2D eigenvalue weighted by Crippen LogP contribution is -1.89. The average molecular weight is 488 g/mol. The number of hydrogen-bond donors (Lipinski definition) is 2. The first-order valence-corrected chi connectivity index (χ1v) is 8.26. The molecule has 0 radical (unpaired) electrons. The summed E-state index contributed by atoms with van der Waals surface area (Å²) in [4.78, 5) is 2.86. The van der Waals surface area contributed by atoms with Gasteiger partial charge >= 0.3 is 0 Å². The van der Waals surface area contributed by atoms with Gasteiger partial charge in [-0.3, -0.25) is 0 Å². The molecule has 3 aromatic rings. The number of H-pyrrole nitrogens is 1. The van der Waals surface area contributed by atoms with Crippen molar-refractivity contribution in [1.29, 1.82) is 0 Å². The third-order valence-electron chi connectivity index (χ3n) is 2.47. The monoisotopic (exact) mass is 488 g/mol. The van der Waals surface area contributed by atoms with E-state index in [1.165, 1.54) is 7.14 Å². The van der Waals surface area contributed by atoms with Crippen molar-refractivity contribution < 1.29 is 0 Å². The second kappa shape index (κ2) is 8.31. The lowest BCUT2D eigenvalue weighted by Gasteiger charge is -2.06. The van der Waals surface area contributed by atoms with Gasteiger partial charge in [0.1, 0.15) is 0 Å². The second-order valence-electron chi connectivity index (χ2n) is 4.02. The summed E-state index contributed by atoms with van der Waals surface area (Å²) >= 11 is 4.61. The van der Waals surface area contributed by atoms with Crippen molar-refractivity contribution in [3.8, 4) is 0 Å². The van der Waals surface area contributed by atoms with E-state index in [2.05, 4.69) is 104 Å². The van der Waals surface area contributed by atoms with Crippen molar-refractivity contribution in [3.63, 3.8) is 0 Å². The first kappa shape index (κ1) is 15.4. The number of rotatable bonds is 2. The van der Waals surface area contributed by atoms with Crippen LogP contribution in [0.15, 0.2) is 73.1 Å². The summed E-state index contributed by atoms with van der Waals surface area (Å²) < 4.78 is 2.50. The Morgan fingerprint density at radius 2 is 1.05 bits per heavy atom. The topological polar surface area (TPSA) is 27.8 Å². The van der Waals surface area contributed by atoms with Crippen molar-refractivity contribution in [2.75, 3.05) is 5.32 Å². The third kappa shape index (κ3) is 5.54. The van der Waals surface area contributed by atoms with E-state index >= 15 is 0 Å². The molecule has 20 heavy (non-hydrogen) atoms. The zero-order valence-electron chi connectivity index (χ0n) is 10.7. The maximum absolute atomic E-state index is 3.35. The van der Waals surface area contributed by atoms with Gasteiger partial charge in [-0.2, -0.15) is 0 Å². The standard InChI is InChI=1S/C12H9I2N.C4H5N/c13-9-1-5-11(6-2-9)15-12-7-3-10(14)4-8-12;1-2-4-5-3-1/h1-8,15H;1-5H. The largest absolute Gasteiger partial charge is 0.368 e. The molecule has 0 saturated carbocycles. The van der Waals surface area contributed by atoms with Crippen LogP contribution in [0.3, 0.4) is 0 Å². The van der Waals surface area contributed by atoms with E-state index in [9.17, 15) is 0 Å². The Bertz CT molecular complexity index is 541. The molecule has 0 unspecified atom stereocenters. The fourth-order valence-corrected chi connectivity index (χ4v) is 2.23. The molecule has 2 aromatic carbocycles. The Morgan fingerprint density at radius 3 is 1.35 bits per heavy atom. The van der Waals surface area contributed by atoms with Gasteiger partial charge in [-0.1, -0.05) is 0 Å². The van der Waals surface area contributed by atoms with Crippen molar-refractivity contribution >= 4 is 56.6 Å². The summed E-state index contributed by atoms with van der Waals surface area (Å²) in [7, 11) is 0. The van der Waals surface area contributed by atoms with Gasteiger partial charge in [0.15, 0.2) is 0 Å². The summed E-state index contributed by atoms with van der Waals surface area (Å²) in [5, 5.41) is 3.35. The molecule has 0 fully saturated rings. The van der Waals surface area contributed by atoms with Crippen LogP contribution in [-0.4, -0.2) is 4.98 Å². The van der Waals surface area contributed by atoms with Crippen LogP contribution < -0.4 is 5.32 Å². The van der Waals surface area contributed by atoms with E-state index in [-0.39, 0.29) is 0 Å². The van der Waals surface area contributed by atoms with E-state index in [4.69, 9.17) is 0 Å².